The summed E-state index contributed by atoms with van der Waals surface area (Å²) in [7, 11) is 0. The number of hydrogen-bond donors (Lipinski definition) is 0. The Hall–Kier alpha value is -1.76. The highest BCUT2D eigenvalue weighted by Gasteiger charge is 2.23. The van der Waals surface area contributed by atoms with Crippen LogP contribution in [0.4, 0.5) is 11.4 Å². The van der Waals surface area contributed by atoms with Crippen LogP contribution < -0.4 is 5.32 Å². The minimum absolute atomic E-state index is 0.586. The van der Waals surface area contributed by atoms with Gasteiger partial charge in [0.2, 0.25) is 0 Å². The lowest BCUT2D eigenvalue weighted by Crippen LogP contribution is -1.97. The predicted octanol–water partition coefficient (Wildman–Crippen LogP) is 5.14. The lowest BCUT2D eigenvalue weighted by molar-refractivity contribution is 0.664. The molecule has 0 saturated carbocycles. The molecule has 1 aliphatic heterocycles. The molecule has 2 aromatic carbocycles. The molecule has 0 spiro atoms. The maximum Gasteiger partial charge on any atom is 0.0750 e. The summed E-state index contributed by atoms with van der Waals surface area (Å²) in [4.78, 5) is 0. The van der Waals surface area contributed by atoms with Gasteiger partial charge in [-0.15, -0.1) is 0 Å². The van der Waals surface area contributed by atoms with Crippen molar-refractivity contribution in [3.8, 4) is 11.1 Å². The molecular formula is C17H18N. The number of nitrogens with zero attached hydrogens (tertiary/aromatic N) is 1. The van der Waals surface area contributed by atoms with Gasteiger partial charge in [0.15, 0.2) is 0 Å². The highest BCUT2D eigenvalue weighted by molar-refractivity contribution is 5.92. The normalized spacial score (nSPS) is 13.7. The van der Waals surface area contributed by atoms with Gasteiger partial charge in [-0.3, -0.25) is 0 Å². The van der Waals surface area contributed by atoms with Crippen molar-refractivity contribution in [3.05, 3.63) is 48.0 Å². The maximum atomic E-state index is 4.82. The average Bonchev–Trinajstić information content (AvgIpc) is 2.77. The molecular weight excluding hydrogens is 218 g/mol. The minimum atomic E-state index is 0.586. The number of para-hydroxylation sites is 2. The Morgan fingerprint density at radius 1 is 1.00 bits per heavy atom. The zero-order chi connectivity index (χ0) is 12.5. The molecule has 1 atom stereocenters. The lowest BCUT2D eigenvalue weighted by atomic mass is 9.92. The second-order valence-electron chi connectivity index (χ2n) is 5.06. The molecule has 0 aliphatic carbocycles. The summed E-state index contributed by atoms with van der Waals surface area (Å²) in [6.45, 7) is 4.54. The van der Waals surface area contributed by atoms with Crippen LogP contribution in [-0.4, -0.2) is 0 Å². The molecule has 3 rings (SSSR count). The summed E-state index contributed by atoms with van der Waals surface area (Å²) < 4.78 is 0. The van der Waals surface area contributed by atoms with E-state index in [0.717, 1.165) is 5.69 Å². The van der Waals surface area contributed by atoms with Crippen LogP contribution in [-0.2, 0) is 0 Å². The van der Waals surface area contributed by atoms with Crippen LogP contribution in [0.1, 0.15) is 38.2 Å². The Kier molecular flexibility index (Phi) is 2.83. The molecule has 0 fully saturated rings. The Bertz CT molecular complexity index is 572. The van der Waals surface area contributed by atoms with E-state index in [0.29, 0.717) is 5.92 Å². The van der Waals surface area contributed by atoms with Crippen molar-refractivity contribution in [3.63, 3.8) is 0 Å². The van der Waals surface area contributed by atoms with Crippen LogP contribution in [0.5, 0.6) is 0 Å². The van der Waals surface area contributed by atoms with E-state index in [9.17, 15) is 0 Å². The Labute approximate surface area is 109 Å². The Morgan fingerprint density at radius 2 is 1.78 bits per heavy atom. The summed E-state index contributed by atoms with van der Waals surface area (Å²) in [5.41, 5.74) is 6.28. The molecule has 1 unspecified atom stereocenters. The molecule has 0 saturated heterocycles. The number of rotatable bonds is 3. The van der Waals surface area contributed by atoms with E-state index in [1.165, 1.54) is 35.2 Å². The molecule has 1 heterocycles. The van der Waals surface area contributed by atoms with Crippen LogP contribution in [0, 0.1) is 0 Å². The van der Waals surface area contributed by atoms with E-state index in [1.807, 2.05) is 0 Å². The van der Waals surface area contributed by atoms with Crippen LogP contribution in [0.15, 0.2) is 42.5 Å². The SMILES string of the molecule is CCCC(C)c1cccc2c1[N]c1ccccc1-2. The molecule has 0 aromatic heterocycles. The van der Waals surface area contributed by atoms with Crippen LogP contribution in [0.25, 0.3) is 11.1 Å². The first kappa shape index (κ1) is 11.3. The molecule has 1 radical (unpaired) electrons. The van der Waals surface area contributed by atoms with Crippen LogP contribution in [0.2, 0.25) is 0 Å². The fraction of sp³-hybridized carbons (Fsp3) is 0.294. The number of fused-ring (bicyclic) bond motifs is 3. The highest BCUT2D eigenvalue weighted by atomic mass is 14.9. The van der Waals surface area contributed by atoms with Crippen LogP contribution in [0.3, 0.4) is 0 Å². The monoisotopic (exact) mass is 236 g/mol. The second kappa shape index (κ2) is 4.49. The van der Waals surface area contributed by atoms with Gasteiger partial charge in [0.05, 0.1) is 11.4 Å². The first-order valence-corrected chi connectivity index (χ1v) is 6.75. The van der Waals surface area contributed by atoms with Gasteiger partial charge in [0.1, 0.15) is 0 Å². The quantitative estimate of drug-likeness (QED) is 0.598. The summed E-state index contributed by atoms with van der Waals surface area (Å²) in [6.07, 6.45) is 2.44. The maximum absolute atomic E-state index is 4.82. The van der Waals surface area contributed by atoms with Gasteiger partial charge in [0, 0.05) is 11.1 Å². The van der Waals surface area contributed by atoms with Gasteiger partial charge in [-0.05, 0) is 24.0 Å². The molecule has 18 heavy (non-hydrogen) atoms. The van der Waals surface area contributed by atoms with Gasteiger partial charge >= 0.3 is 0 Å². The fourth-order valence-corrected chi connectivity index (χ4v) is 2.81. The average molecular weight is 236 g/mol. The minimum Gasteiger partial charge on any atom is -0.247 e. The predicted molar refractivity (Wildman–Crippen MR) is 76.7 cm³/mol. The van der Waals surface area contributed by atoms with Gasteiger partial charge in [-0.1, -0.05) is 56.7 Å². The summed E-state index contributed by atoms with van der Waals surface area (Å²) >= 11 is 0. The largest absolute Gasteiger partial charge is 0.247 e. The third-order valence-electron chi connectivity index (χ3n) is 3.75. The summed E-state index contributed by atoms with van der Waals surface area (Å²) in [5, 5.41) is 4.82. The first-order valence-electron chi connectivity index (χ1n) is 6.75. The van der Waals surface area contributed by atoms with Crippen molar-refractivity contribution in [2.75, 3.05) is 0 Å². The van der Waals surface area contributed by atoms with E-state index in [-0.39, 0.29) is 0 Å². The summed E-state index contributed by atoms with van der Waals surface area (Å²) in [5.74, 6) is 0.586. The Morgan fingerprint density at radius 3 is 2.61 bits per heavy atom. The van der Waals surface area contributed by atoms with E-state index < -0.39 is 0 Å². The molecule has 1 nitrogen and oxygen atoms in total. The van der Waals surface area contributed by atoms with Crippen molar-refractivity contribution in [1.82, 2.24) is 5.32 Å². The molecule has 1 heteroatoms. The van der Waals surface area contributed by atoms with E-state index in [1.54, 1.807) is 0 Å². The molecule has 0 amide bonds. The zero-order valence-electron chi connectivity index (χ0n) is 11.0. The van der Waals surface area contributed by atoms with E-state index >= 15 is 0 Å². The van der Waals surface area contributed by atoms with Crippen molar-refractivity contribution in [2.45, 2.75) is 32.6 Å². The van der Waals surface area contributed by atoms with Gasteiger partial charge < -0.3 is 0 Å². The van der Waals surface area contributed by atoms with Gasteiger partial charge in [-0.2, -0.15) is 0 Å². The van der Waals surface area contributed by atoms with Crippen LogP contribution >= 0.6 is 0 Å². The van der Waals surface area contributed by atoms with Crippen molar-refractivity contribution in [2.24, 2.45) is 0 Å². The number of hydrogen-bond acceptors (Lipinski definition) is 0. The lowest BCUT2D eigenvalue weighted by Gasteiger charge is -2.14. The molecule has 0 N–H and O–H groups in total. The van der Waals surface area contributed by atoms with E-state index in [4.69, 9.17) is 5.32 Å². The molecule has 91 valence electrons. The Balaban J connectivity index is 2.08. The smallest absolute Gasteiger partial charge is 0.0750 e. The topological polar surface area (TPSA) is 14.1 Å². The third-order valence-corrected chi connectivity index (χ3v) is 3.75. The van der Waals surface area contributed by atoms with Crippen molar-refractivity contribution < 1.29 is 0 Å². The standard InChI is InChI=1S/C17H18N/c1-3-7-12(2)13-9-6-10-15-14-8-4-5-11-16(14)18-17(13)15/h4-6,8-12H,3,7H2,1-2H3. The van der Waals surface area contributed by atoms with Crippen molar-refractivity contribution in [1.29, 1.82) is 0 Å². The first-order chi connectivity index (χ1) is 8.81. The summed E-state index contributed by atoms with van der Waals surface area (Å²) in [6, 6.07) is 15.0. The zero-order valence-corrected chi connectivity index (χ0v) is 11.0. The van der Waals surface area contributed by atoms with Crippen molar-refractivity contribution >= 4 is 11.4 Å². The number of benzene rings is 2. The molecule has 0 bridgehead atoms. The van der Waals surface area contributed by atoms with Gasteiger partial charge in [-0.25, -0.2) is 5.32 Å². The molecule has 1 aliphatic rings. The van der Waals surface area contributed by atoms with Gasteiger partial charge in [0.25, 0.3) is 0 Å². The fourth-order valence-electron chi connectivity index (χ4n) is 2.81. The second-order valence-corrected chi connectivity index (χ2v) is 5.06. The van der Waals surface area contributed by atoms with E-state index in [2.05, 4.69) is 56.3 Å². The molecule has 2 aromatic rings. The highest BCUT2D eigenvalue weighted by Crippen LogP contribution is 2.46. The third kappa shape index (κ3) is 1.71.